The molecule has 0 heterocycles. The molecule has 0 amide bonds. The average molecular weight is 1040 g/mol. The van der Waals surface area contributed by atoms with E-state index in [1.807, 2.05) is 0 Å². The second kappa shape index (κ2) is 63.2. The number of allylic oxidation sites excluding steroid dienone is 6. The van der Waals surface area contributed by atoms with E-state index in [1.165, 1.54) is 257 Å². The summed E-state index contributed by atoms with van der Waals surface area (Å²) in [7, 11) is 0. The van der Waals surface area contributed by atoms with E-state index in [1.54, 1.807) is 0 Å². The molecule has 0 radical (unpaired) electrons. The van der Waals surface area contributed by atoms with E-state index in [0.717, 1.165) is 64.2 Å². The molecule has 0 aliphatic heterocycles. The number of rotatable bonds is 61. The van der Waals surface area contributed by atoms with Crippen molar-refractivity contribution >= 4 is 17.9 Å². The average Bonchev–Trinajstić information content (AvgIpc) is 3.40. The third kappa shape index (κ3) is 60.5. The van der Waals surface area contributed by atoms with E-state index in [4.69, 9.17) is 14.2 Å². The number of ether oxygens (including phenoxy) is 3. The summed E-state index contributed by atoms with van der Waals surface area (Å²) in [6.07, 6.45) is 77.2. The number of hydrogen-bond acceptors (Lipinski definition) is 6. The molecule has 0 aromatic carbocycles. The summed E-state index contributed by atoms with van der Waals surface area (Å²) in [4.78, 5) is 38.3. The summed E-state index contributed by atoms with van der Waals surface area (Å²) in [5.41, 5.74) is 0. The van der Waals surface area contributed by atoms with Crippen LogP contribution in [0, 0.1) is 0 Å². The second-order valence-electron chi connectivity index (χ2n) is 22.4. The molecule has 0 fully saturated rings. The zero-order chi connectivity index (χ0) is 53.6. The first-order valence-corrected chi connectivity index (χ1v) is 33.0. The highest BCUT2D eigenvalue weighted by Gasteiger charge is 2.19. The van der Waals surface area contributed by atoms with Gasteiger partial charge in [-0.15, -0.1) is 0 Å². The van der Waals surface area contributed by atoms with Gasteiger partial charge in [-0.2, -0.15) is 0 Å². The van der Waals surface area contributed by atoms with Gasteiger partial charge in [0.05, 0.1) is 0 Å². The Balaban J connectivity index is 4.25. The molecule has 74 heavy (non-hydrogen) atoms. The van der Waals surface area contributed by atoms with Gasteiger partial charge in [-0.05, 0) is 77.0 Å². The summed E-state index contributed by atoms with van der Waals surface area (Å²) in [6, 6.07) is 0. The summed E-state index contributed by atoms with van der Waals surface area (Å²) >= 11 is 0. The lowest BCUT2D eigenvalue weighted by molar-refractivity contribution is -0.167. The molecule has 0 aromatic heterocycles. The first-order valence-electron chi connectivity index (χ1n) is 33.0. The molecule has 0 N–H and O–H groups in total. The maximum absolute atomic E-state index is 12.9. The molecule has 0 saturated carbocycles. The van der Waals surface area contributed by atoms with Crippen LogP contribution >= 0.6 is 0 Å². The normalized spacial score (nSPS) is 12.2. The molecule has 0 aliphatic rings. The van der Waals surface area contributed by atoms with E-state index in [0.29, 0.717) is 19.3 Å². The molecule has 1 unspecified atom stereocenters. The van der Waals surface area contributed by atoms with Gasteiger partial charge in [0.1, 0.15) is 13.2 Å². The Morgan fingerprint density at radius 3 is 0.757 bits per heavy atom. The number of carbonyl (C=O) groups excluding carboxylic acids is 3. The van der Waals surface area contributed by atoms with E-state index in [-0.39, 0.29) is 31.1 Å². The zero-order valence-electron chi connectivity index (χ0n) is 49.9. The third-order valence-electron chi connectivity index (χ3n) is 14.9. The molecular formula is C68H126O6. The minimum Gasteiger partial charge on any atom is -0.462 e. The predicted octanol–water partition coefficient (Wildman–Crippen LogP) is 22.4. The number of unbranched alkanes of at least 4 members (excludes halogenated alkanes) is 44. The van der Waals surface area contributed by atoms with Crippen LogP contribution in [-0.4, -0.2) is 37.2 Å². The van der Waals surface area contributed by atoms with Gasteiger partial charge in [0.2, 0.25) is 0 Å². The van der Waals surface area contributed by atoms with Crippen LogP contribution in [-0.2, 0) is 28.6 Å². The zero-order valence-corrected chi connectivity index (χ0v) is 49.9. The van der Waals surface area contributed by atoms with Crippen molar-refractivity contribution in [3.05, 3.63) is 36.5 Å². The summed E-state index contributed by atoms with van der Waals surface area (Å²) in [5, 5.41) is 0. The SMILES string of the molecule is CCCCCCC/C=C\C/C=C\CCCCCCCCCCCCCCCC(=O)OCC(COC(=O)CCCCCCCCCCCCCCC)OC(=O)CCCCCCCCC/C=C\CCCCCCCCC. The van der Waals surface area contributed by atoms with E-state index >= 15 is 0 Å². The van der Waals surface area contributed by atoms with Gasteiger partial charge in [0.15, 0.2) is 6.10 Å². The highest BCUT2D eigenvalue weighted by atomic mass is 16.6. The molecule has 0 rings (SSSR count). The van der Waals surface area contributed by atoms with Crippen LogP contribution in [0.1, 0.15) is 361 Å². The fraction of sp³-hybridized carbons (Fsp3) is 0.868. The molecule has 0 spiro atoms. The van der Waals surface area contributed by atoms with Crippen LogP contribution in [0.3, 0.4) is 0 Å². The van der Waals surface area contributed by atoms with Crippen LogP contribution in [0.4, 0.5) is 0 Å². The topological polar surface area (TPSA) is 78.9 Å². The molecular weight excluding hydrogens is 913 g/mol. The van der Waals surface area contributed by atoms with Gasteiger partial charge in [-0.3, -0.25) is 14.4 Å². The van der Waals surface area contributed by atoms with Crippen molar-refractivity contribution in [2.24, 2.45) is 0 Å². The van der Waals surface area contributed by atoms with Crippen LogP contribution in [0.5, 0.6) is 0 Å². The molecule has 6 heteroatoms. The quantitative estimate of drug-likeness (QED) is 0.0261. The van der Waals surface area contributed by atoms with Crippen molar-refractivity contribution in [1.82, 2.24) is 0 Å². The fourth-order valence-corrected chi connectivity index (χ4v) is 9.88. The molecule has 0 aromatic rings. The summed E-state index contributed by atoms with van der Waals surface area (Å²) < 4.78 is 16.9. The molecule has 0 saturated heterocycles. The standard InChI is InChI=1S/C68H126O6/c1-4-7-10-13-16-19-22-25-27-29-31-32-33-34-35-36-37-39-40-43-46-49-52-55-58-61-67(70)73-64-65(63-72-66(69)60-57-54-51-48-45-42-24-21-18-15-12-9-6-3)74-68(71)62-59-56-53-50-47-44-41-38-30-28-26-23-20-17-14-11-8-5-2/h22,25,28-31,65H,4-21,23-24,26-27,32-64H2,1-3H3/b25-22-,30-28-,31-29-. The maximum Gasteiger partial charge on any atom is 0.306 e. The lowest BCUT2D eigenvalue weighted by atomic mass is 10.0. The van der Waals surface area contributed by atoms with Gasteiger partial charge < -0.3 is 14.2 Å². The smallest absolute Gasteiger partial charge is 0.306 e. The Labute approximate surface area is 461 Å². The molecule has 434 valence electrons. The highest BCUT2D eigenvalue weighted by Crippen LogP contribution is 2.17. The number of esters is 3. The molecule has 6 nitrogen and oxygen atoms in total. The Hall–Kier alpha value is -2.37. The number of carbonyl (C=O) groups is 3. The number of hydrogen-bond donors (Lipinski definition) is 0. The van der Waals surface area contributed by atoms with Crippen LogP contribution in [0.25, 0.3) is 0 Å². The lowest BCUT2D eigenvalue weighted by Gasteiger charge is -2.18. The van der Waals surface area contributed by atoms with Crippen LogP contribution in [0.2, 0.25) is 0 Å². The fourth-order valence-electron chi connectivity index (χ4n) is 9.88. The maximum atomic E-state index is 12.9. The summed E-state index contributed by atoms with van der Waals surface area (Å²) in [6.45, 7) is 6.68. The first-order chi connectivity index (χ1) is 36.5. The second-order valence-corrected chi connectivity index (χ2v) is 22.4. The highest BCUT2D eigenvalue weighted by molar-refractivity contribution is 5.71. The molecule has 0 bridgehead atoms. The van der Waals surface area contributed by atoms with Gasteiger partial charge in [0, 0.05) is 19.3 Å². The predicted molar refractivity (Wildman–Crippen MR) is 321 cm³/mol. The summed E-state index contributed by atoms with van der Waals surface area (Å²) in [5.74, 6) is -0.850. The largest absolute Gasteiger partial charge is 0.462 e. The van der Waals surface area contributed by atoms with E-state index in [2.05, 4.69) is 57.2 Å². The third-order valence-corrected chi connectivity index (χ3v) is 14.9. The van der Waals surface area contributed by atoms with Crippen molar-refractivity contribution in [3.63, 3.8) is 0 Å². The van der Waals surface area contributed by atoms with Crippen molar-refractivity contribution in [1.29, 1.82) is 0 Å². The van der Waals surface area contributed by atoms with Crippen molar-refractivity contribution in [3.8, 4) is 0 Å². The molecule has 0 aliphatic carbocycles. The van der Waals surface area contributed by atoms with Gasteiger partial charge in [0.25, 0.3) is 0 Å². The van der Waals surface area contributed by atoms with Gasteiger partial charge in [-0.25, -0.2) is 0 Å². The van der Waals surface area contributed by atoms with Gasteiger partial charge in [-0.1, -0.05) is 301 Å². The van der Waals surface area contributed by atoms with Crippen LogP contribution in [0.15, 0.2) is 36.5 Å². The van der Waals surface area contributed by atoms with Crippen molar-refractivity contribution in [2.75, 3.05) is 13.2 Å². The lowest BCUT2D eigenvalue weighted by Crippen LogP contribution is -2.30. The minimum atomic E-state index is -0.772. The van der Waals surface area contributed by atoms with E-state index < -0.39 is 6.10 Å². The Morgan fingerprint density at radius 2 is 0.486 bits per heavy atom. The van der Waals surface area contributed by atoms with Crippen LogP contribution < -0.4 is 0 Å². The first kappa shape index (κ1) is 71.6. The Bertz CT molecular complexity index is 1240. The Kier molecular flexibility index (Phi) is 61.1. The van der Waals surface area contributed by atoms with Crippen molar-refractivity contribution < 1.29 is 28.6 Å². The Morgan fingerprint density at radius 1 is 0.270 bits per heavy atom. The molecule has 1 atom stereocenters. The minimum absolute atomic E-state index is 0.0692. The van der Waals surface area contributed by atoms with Crippen molar-refractivity contribution in [2.45, 2.75) is 367 Å². The van der Waals surface area contributed by atoms with E-state index in [9.17, 15) is 14.4 Å². The van der Waals surface area contributed by atoms with Gasteiger partial charge >= 0.3 is 17.9 Å². The monoisotopic (exact) mass is 1040 g/mol.